The number of rotatable bonds is 4. The van der Waals surface area contributed by atoms with Gasteiger partial charge in [0.2, 0.25) is 0 Å². The zero-order valence-electron chi connectivity index (χ0n) is 12.2. The number of hydrogen-bond acceptors (Lipinski definition) is 3. The van der Waals surface area contributed by atoms with Crippen molar-refractivity contribution in [3.05, 3.63) is 58.1 Å². The third kappa shape index (κ3) is 4.82. The molecule has 2 N–H and O–H groups in total. The molecule has 0 amide bonds. The molecular formula is C16H14Cl2N2O2S. The van der Waals surface area contributed by atoms with Crippen molar-refractivity contribution >= 4 is 57.9 Å². The van der Waals surface area contributed by atoms with Gasteiger partial charge in [0.05, 0.1) is 28.6 Å². The van der Waals surface area contributed by atoms with Crippen molar-refractivity contribution in [2.24, 2.45) is 0 Å². The number of carbonyl (C=O) groups excluding carboxylic acids is 1. The van der Waals surface area contributed by atoms with E-state index in [1.807, 2.05) is 0 Å². The molecule has 0 spiro atoms. The number of hydrogen-bond donors (Lipinski definition) is 2. The predicted molar refractivity (Wildman–Crippen MR) is 98.7 cm³/mol. The summed E-state index contributed by atoms with van der Waals surface area (Å²) in [4.78, 5) is 11.9. The van der Waals surface area contributed by atoms with E-state index >= 15 is 0 Å². The molecule has 0 aromatic heterocycles. The van der Waals surface area contributed by atoms with Gasteiger partial charge in [-0.3, -0.25) is 0 Å². The molecule has 120 valence electrons. The van der Waals surface area contributed by atoms with Crippen LogP contribution in [0.5, 0.6) is 0 Å². The first-order valence-electron chi connectivity index (χ1n) is 6.80. The van der Waals surface area contributed by atoms with E-state index < -0.39 is 5.97 Å². The molecule has 0 aliphatic carbocycles. The van der Waals surface area contributed by atoms with Crippen molar-refractivity contribution < 1.29 is 9.53 Å². The maximum Gasteiger partial charge on any atom is 0.340 e. The van der Waals surface area contributed by atoms with E-state index in [-0.39, 0.29) is 5.11 Å². The molecule has 0 saturated heterocycles. The summed E-state index contributed by atoms with van der Waals surface area (Å²) in [5.74, 6) is -0.417. The SMILES string of the molecule is CCOC(=O)c1ccccc1NC(=S)Nc1cc(Cl)ccc1Cl. The van der Waals surface area contributed by atoms with Gasteiger partial charge in [-0.2, -0.15) is 0 Å². The van der Waals surface area contributed by atoms with Gasteiger partial charge in [0, 0.05) is 5.02 Å². The summed E-state index contributed by atoms with van der Waals surface area (Å²) in [6, 6.07) is 12.0. The van der Waals surface area contributed by atoms with Gasteiger partial charge in [0.1, 0.15) is 0 Å². The van der Waals surface area contributed by atoms with E-state index in [1.54, 1.807) is 49.4 Å². The van der Waals surface area contributed by atoms with Crippen LogP contribution in [-0.4, -0.2) is 17.7 Å². The molecular weight excluding hydrogens is 355 g/mol. The number of carbonyl (C=O) groups is 1. The Kier molecular flexibility index (Phi) is 6.21. The highest BCUT2D eigenvalue weighted by molar-refractivity contribution is 7.80. The largest absolute Gasteiger partial charge is 0.462 e. The van der Waals surface area contributed by atoms with Gasteiger partial charge < -0.3 is 15.4 Å². The average Bonchev–Trinajstić information content (AvgIpc) is 2.51. The number of para-hydroxylation sites is 1. The van der Waals surface area contributed by atoms with Crippen molar-refractivity contribution in [3.8, 4) is 0 Å². The number of benzene rings is 2. The lowest BCUT2D eigenvalue weighted by Crippen LogP contribution is -2.21. The van der Waals surface area contributed by atoms with Gasteiger partial charge in [-0.25, -0.2) is 4.79 Å². The van der Waals surface area contributed by atoms with Gasteiger partial charge in [-0.1, -0.05) is 35.3 Å². The van der Waals surface area contributed by atoms with E-state index in [0.717, 1.165) is 0 Å². The minimum atomic E-state index is -0.417. The molecule has 2 aromatic rings. The summed E-state index contributed by atoms with van der Waals surface area (Å²) in [7, 11) is 0. The average molecular weight is 369 g/mol. The number of ether oxygens (including phenoxy) is 1. The normalized spacial score (nSPS) is 10.0. The van der Waals surface area contributed by atoms with Gasteiger partial charge in [-0.15, -0.1) is 0 Å². The number of thiocarbonyl (C=S) groups is 1. The van der Waals surface area contributed by atoms with Gasteiger partial charge in [0.25, 0.3) is 0 Å². The number of anilines is 2. The molecule has 0 atom stereocenters. The van der Waals surface area contributed by atoms with Crippen molar-refractivity contribution in [2.45, 2.75) is 6.92 Å². The molecule has 0 saturated carbocycles. The van der Waals surface area contributed by atoms with Crippen molar-refractivity contribution in [1.82, 2.24) is 0 Å². The molecule has 2 aromatic carbocycles. The minimum absolute atomic E-state index is 0.283. The Morgan fingerprint density at radius 1 is 1.13 bits per heavy atom. The number of esters is 1. The van der Waals surface area contributed by atoms with Crippen LogP contribution in [0.15, 0.2) is 42.5 Å². The second kappa shape index (κ2) is 8.15. The highest BCUT2D eigenvalue weighted by Crippen LogP contribution is 2.26. The molecule has 7 heteroatoms. The molecule has 2 rings (SSSR count). The van der Waals surface area contributed by atoms with Crippen LogP contribution in [0.1, 0.15) is 17.3 Å². The highest BCUT2D eigenvalue weighted by Gasteiger charge is 2.13. The Labute approximate surface area is 149 Å². The zero-order chi connectivity index (χ0) is 16.8. The van der Waals surface area contributed by atoms with Crippen molar-refractivity contribution in [2.75, 3.05) is 17.2 Å². The fourth-order valence-corrected chi connectivity index (χ4v) is 2.40. The van der Waals surface area contributed by atoms with Gasteiger partial charge >= 0.3 is 5.97 Å². The summed E-state index contributed by atoms with van der Waals surface area (Å²) < 4.78 is 5.02. The summed E-state index contributed by atoms with van der Waals surface area (Å²) >= 11 is 17.3. The first-order chi connectivity index (χ1) is 11.0. The van der Waals surface area contributed by atoms with Crippen molar-refractivity contribution in [3.63, 3.8) is 0 Å². The topological polar surface area (TPSA) is 50.4 Å². The fraction of sp³-hybridized carbons (Fsp3) is 0.125. The molecule has 0 fully saturated rings. The molecule has 0 heterocycles. The summed E-state index contributed by atoms with van der Waals surface area (Å²) in [6.07, 6.45) is 0. The molecule has 4 nitrogen and oxygen atoms in total. The molecule has 0 aliphatic rings. The van der Waals surface area contributed by atoms with Crippen LogP contribution in [0.2, 0.25) is 10.0 Å². The number of nitrogens with one attached hydrogen (secondary N) is 2. The molecule has 23 heavy (non-hydrogen) atoms. The van der Waals surface area contributed by atoms with Crippen LogP contribution in [-0.2, 0) is 4.74 Å². The lowest BCUT2D eigenvalue weighted by atomic mass is 10.2. The molecule has 0 aliphatic heterocycles. The van der Waals surface area contributed by atoms with E-state index in [9.17, 15) is 4.79 Å². The first-order valence-corrected chi connectivity index (χ1v) is 7.97. The van der Waals surface area contributed by atoms with Crippen LogP contribution in [0, 0.1) is 0 Å². The third-order valence-electron chi connectivity index (χ3n) is 2.85. The Balaban J connectivity index is 2.14. The maximum absolute atomic E-state index is 11.9. The summed E-state index contributed by atoms with van der Waals surface area (Å²) in [6.45, 7) is 2.05. The number of halogens is 2. The van der Waals surface area contributed by atoms with E-state index in [0.29, 0.717) is 33.6 Å². The Hall–Kier alpha value is -1.82. The van der Waals surface area contributed by atoms with E-state index in [4.69, 9.17) is 40.2 Å². The van der Waals surface area contributed by atoms with Crippen LogP contribution >= 0.6 is 35.4 Å². The lowest BCUT2D eigenvalue weighted by molar-refractivity contribution is 0.0527. The summed E-state index contributed by atoms with van der Waals surface area (Å²) in [5.41, 5.74) is 1.52. The quantitative estimate of drug-likeness (QED) is 0.588. The molecule has 0 radical (unpaired) electrons. The molecule has 0 unspecified atom stereocenters. The minimum Gasteiger partial charge on any atom is -0.462 e. The van der Waals surface area contributed by atoms with Crippen molar-refractivity contribution in [1.29, 1.82) is 0 Å². The fourth-order valence-electron chi connectivity index (χ4n) is 1.85. The Morgan fingerprint density at radius 3 is 2.57 bits per heavy atom. The predicted octanol–water partition coefficient (Wildman–Crippen LogP) is 4.98. The van der Waals surface area contributed by atoms with Gasteiger partial charge in [-0.05, 0) is 49.5 Å². The smallest absolute Gasteiger partial charge is 0.340 e. The standard InChI is InChI=1S/C16H14Cl2N2O2S/c1-2-22-15(21)11-5-3-4-6-13(11)19-16(23)20-14-9-10(17)7-8-12(14)18/h3-9H,2H2,1H3,(H2,19,20,23). The van der Waals surface area contributed by atoms with E-state index in [1.165, 1.54) is 0 Å². The Bertz CT molecular complexity index is 738. The van der Waals surface area contributed by atoms with E-state index in [2.05, 4.69) is 10.6 Å². The second-order valence-electron chi connectivity index (χ2n) is 4.47. The lowest BCUT2D eigenvalue weighted by Gasteiger charge is -2.14. The third-order valence-corrected chi connectivity index (χ3v) is 3.62. The zero-order valence-corrected chi connectivity index (χ0v) is 14.6. The highest BCUT2D eigenvalue weighted by atomic mass is 35.5. The van der Waals surface area contributed by atoms with Crippen LogP contribution in [0.3, 0.4) is 0 Å². The Morgan fingerprint density at radius 2 is 1.83 bits per heavy atom. The van der Waals surface area contributed by atoms with Crippen LogP contribution < -0.4 is 10.6 Å². The maximum atomic E-state index is 11.9. The summed E-state index contributed by atoms with van der Waals surface area (Å²) in [5, 5.41) is 7.21. The molecule has 0 bridgehead atoms. The second-order valence-corrected chi connectivity index (χ2v) is 5.72. The van der Waals surface area contributed by atoms with Crippen LogP contribution in [0.4, 0.5) is 11.4 Å². The first kappa shape index (κ1) is 17.5. The van der Waals surface area contributed by atoms with Crippen LogP contribution in [0.25, 0.3) is 0 Å². The van der Waals surface area contributed by atoms with Gasteiger partial charge in [0.15, 0.2) is 5.11 Å². The monoisotopic (exact) mass is 368 g/mol.